The van der Waals surface area contributed by atoms with E-state index in [2.05, 4.69) is 15.3 Å². The fraction of sp³-hybridized carbons (Fsp3) is 0.692. The molecule has 0 aromatic carbocycles. The van der Waals surface area contributed by atoms with Crippen molar-refractivity contribution < 1.29 is 9.48 Å². The van der Waals surface area contributed by atoms with Crippen LogP contribution in [0.2, 0.25) is 0 Å². The van der Waals surface area contributed by atoms with Gasteiger partial charge in [-0.1, -0.05) is 11.2 Å². The second kappa shape index (κ2) is 6.85. The van der Waals surface area contributed by atoms with Gasteiger partial charge in [0.15, 0.2) is 0 Å². The molecule has 2 aliphatic heterocycles. The Bertz CT molecular complexity index is 587. The van der Waals surface area contributed by atoms with Gasteiger partial charge in [-0.25, -0.2) is 4.98 Å². The smallest absolute Gasteiger partial charge is 0.332 e. The SMILES string of the molecule is Cc1nc(N2CCNCC2)nc(N2CC[S+]([O-])CC2)c1[N+](=O)[O-]. The zero-order valence-electron chi connectivity index (χ0n) is 13.0. The number of hydrogen-bond acceptors (Lipinski definition) is 8. The molecule has 0 saturated carbocycles. The van der Waals surface area contributed by atoms with Crippen molar-refractivity contribution in [2.45, 2.75) is 6.92 Å². The molecule has 0 bridgehead atoms. The summed E-state index contributed by atoms with van der Waals surface area (Å²) in [6.07, 6.45) is 0. The molecule has 126 valence electrons. The summed E-state index contributed by atoms with van der Waals surface area (Å²) in [7, 11) is 0. The summed E-state index contributed by atoms with van der Waals surface area (Å²) in [5.74, 6) is 1.93. The Hall–Kier alpha value is -1.65. The maximum absolute atomic E-state index is 11.5. The van der Waals surface area contributed by atoms with Crippen molar-refractivity contribution in [2.75, 3.05) is 60.6 Å². The van der Waals surface area contributed by atoms with E-state index in [9.17, 15) is 14.7 Å². The van der Waals surface area contributed by atoms with E-state index in [0.29, 0.717) is 42.1 Å². The van der Waals surface area contributed by atoms with Gasteiger partial charge in [0.1, 0.15) is 17.2 Å². The van der Waals surface area contributed by atoms with Gasteiger partial charge in [-0.15, -0.1) is 0 Å². The van der Waals surface area contributed by atoms with Gasteiger partial charge in [0.2, 0.25) is 11.8 Å². The van der Waals surface area contributed by atoms with Crippen LogP contribution < -0.4 is 15.1 Å². The lowest BCUT2D eigenvalue weighted by atomic mass is 10.3. The first-order valence-electron chi connectivity index (χ1n) is 7.65. The van der Waals surface area contributed by atoms with E-state index in [1.807, 2.05) is 9.80 Å². The molecule has 2 aliphatic rings. The van der Waals surface area contributed by atoms with Crippen molar-refractivity contribution in [3.05, 3.63) is 15.8 Å². The van der Waals surface area contributed by atoms with Crippen molar-refractivity contribution >= 4 is 28.6 Å². The zero-order valence-corrected chi connectivity index (χ0v) is 13.8. The summed E-state index contributed by atoms with van der Waals surface area (Å²) in [6, 6.07) is 0. The Morgan fingerprint density at radius 1 is 1.13 bits per heavy atom. The van der Waals surface area contributed by atoms with Crippen LogP contribution in [-0.4, -0.2) is 70.2 Å². The molecule has 0 atom stereocenters. The van der Waals surface area contributed by atoms with Gasteiger partial charge in [-0.2, -0.15) is 4.98 Å². The predicted octanol–water partition coefficient (Wildman–Crippen LogP) is -0.328. The lowest BCUT2D eigenvalue weighted by Gasteiger charge is -2.31. The van der Waals surface area contributed by atoms with Gasteiger partial charge in [0.05, 0.1) is 18.0 Å². The average Bonchev–Trinajstić information content (AvgIpc) is 2.55. The summed E-state index contributed by atoms with van der Waals surface area (Å²) in [5.41, 5.74) is 0.330. The Balaban J connectivity index is 1.96. The van der Waals surface area contributed by atoms with E-state index in [1.54, 1.807) is 6.92 Å². The minimum atomic E-state index is -0.841. The number of aromatic nitrogens is 2. The van der Waals surface area contributed by atoms with Crippen LogP contribution in [0.4, 0.5) is 17.5 Å². The fourth-order valence-corrected chi connectivity index (χ4v) is 3.88. The summed E-state index contributed by atoms with van der Waals surface area (Å²) < 4.78 is 11.5. The summed E-state index contributed by atoms with van der Waals surface area (Å²) in [4.78, 5) is 23.8. The largest absolute Gasteiger partial charge is 0.616 e. The molecule has 0 aliphatic carbocycles. The highest BCUT2D eigenvalue weighted by molar-refractivity contribution is 7.91. The third-order valence-corrected chi connectivity index (χ3v) is 5.36. The van der Waals surface area contributed by atoms with Crippen molar-refractivity contribution in [1.29, 1.82) is 0 Å². The molecule has 0 amide bonds. The van der Waals surface area contributed by atoms with Crippen LogP contribution in [0.15, 0.2) is 0 Å². The van der Waals surface area contributed by atoms with Crippen LogP contribution in [-0.2, 0) is 11.2 Å². The van der Waals surface area contributed by atoms with Gasteiger partial charge in [0, 0.05) is 26.2 Å². The Morgan fingerprint density at radius 2 is 1.78 bits per heavy atom. The number of nitrogens with one attached hydrogen (secondary N) is 1. The number of piperazine rings is 1. The molecule has 0 spiro atoms. The first-order chi connectivity index (χ1) is 11.1. The number of nitrogens with zero attached hydrogens (tertiary/aromatic N) is 5. The van der Waals surface area contributed by atoms with Gasteiger partial charge in [-0.05, 0) is 6.92 Å². The lowest BCUT2D eigenvalue weighted by molar-refractivity contribution is -0.385. The van der Waals surface area contributed by atoms with Crippen LogP contribution in [0.5, 0.6) is 0 Å². The van der Waals surface area contributed by atoms with E-state index in [0.717, 1.165) is 26.2 Å². The van der Waals surface area contributed by atoms with E-state index < -0.39 is 16.1 Å². The monoisotopic (exact) mass is 340 g/mol. The third-order valence-electron chi connectivity index (χ3n) is 4.09. The quantitative estimate of drug-likeness (QED) is 0.452. The summed E-state index contributed by atoms with van der Waals surface area (Å²) in [6.45, 7) is 5.93. The highest BCUT2D eigenvalue weighted by atomic mass is 32.2. The second-order valence-electron chi connectivity index (χ2n) is 5.61. The number of hydrogen-bond donors (Lipinski definition) is 1. The van der Waals surface area contributed by atoms with Crippen molar-refractivity contribution in [2.24, 2.45) is 0 Å². The highest BCUT2D eigenvalue weighted by Crippen LogP contribution is 2.31. The average molecular weight is 340 g/mol. The molecule has 2 fully saturated rings. The fourth-order valence-electron chi connectivity index (χ4n) is 2.83. The first kappa shape index (κ1) is 16.2. The molecule has 2 saturated heterocycles. The van der Waals surface area contributed by atoms with Crippen molar-refractivity contribution in [3.8, 4) is 0 Å². The van der Waals surface area contributed by atoms with Gasteiger partial charge < -0.3 is 19.7 Å². The molecular weight excluding hydrogens is 320 g/mol. The van der Waals surface area contributed by atoms with E-state index in [1.165, 1.54) is 0 Å². The molecule has 10 heteroatoms. The van der Waals surface area contributed by atoms with E-state index >= 15 is 0 Å². The number of rotatable bonds is 3. The van der Waals surface area contributed by atoms with Gasteiger partial charge in [-0.3, -0.25) is 10.1 Å². The van der Waals surface area contributed by atoms with E-state index in [4.69, 9.17) is 0 Å². The Kier molecular flexibility index (Phi) is 4.83. The Labute approximate surface area is 137 Å². The number of nitro groups is 1. The Morgan fingerprint density at radius 3 is 2.39 bits per heavy atom. The molecular formula is C13H20N6O3S. The molecule has 3 rings (SSSR count). The molecule has 1 aromatic heterocycles. The molecule has 0 radical (unpaired) electrons. The van der Waals surface area contributed by atoms with Crippen molar-refractivity contribution in [3.63, 3.8) is 0 Å². The minimum Gasteiger partial charge on any atom is -0.616 e. The summed E-state index contributed by atoms with van der Waals surface area (Å²) >= 11 is -0.841. The first-order valence-corrected chi connectivity index (χ1v) is 9.13. The van der Waals surface area contributed by atoms with Crippen LogP contribution in [0, 0.1) is 17.0 Å². The number of anilines is 2. The number of aryl methyl sites for hydroxylation is 1. The normalized spacial score (nSPS) is 19.9. The van der Waals surface area contributed by atoms with Crippen molar-refractivity contribution in [1.82, 2.24) is 15.3 Å². The minimum absolute atomic E-state index is 0.0448. The van der Waals surface area contributed by atoms with Crippen LogP contribution >= 0.6 is 0 Å². The summed E-state index contributed by atoms with van der Waals surface area (Å²) in [5, 5.41) is 14.7. The van der Waals surface area contributed by atoms with Gasteiger partial charge in [0.25, 0.3) is 0 Å². The van der Waals surface area contributed by atoms with Crippen LogP contribution in [0.25, 0.3) is 0 Å². The maximum atomic E-state index is 11.5. The predicted molar refractivity (Wildman–Crippen MR) is 88.6 cm³/mol. The second-order valence-corrected chi connectivity index (χ2v) is 7.31. The third kappa shape index (κ3) is 3.48. The highest BCUT2D eigenvalue weighted by Gasteiger charge is 2.31. The van der Waals surface area contributed by atoms with E-state index in [-0.39, 0.29) is 5.69 Å². The molecule has 23 heavy (non-hydrogen) atoms. The standard InChI is InChI=1S/C13H20N6O3S/c1-10-11(19(20)21)12(17-6-8-23(22)9-7-17)16-13(15-10)18-4-2-14-3-5-18/h14H,2-9H2,1H3. The maximum Gasteiger partial charge on any atom is 0.332 e. The zero-order chi connectivity index (χ0) is 16.4. The molecule has 1 aromatic rings. The van der Waals surface area contributed by atoms with Gasteiger partial charge >= 0.3 is 5.69 Å². The van der Waals surface area contributed by atoms with Crippen LogP contribution in [0.1, 0.15) is 5.69 Å². The molecule has 1 N–H and O–H groups in total. The molecule has 3 heterocycles. The van der Waals surface area contributed by atoms with Crippen LogP contribution in [0.3, 0.4) is 0 Å². The molecule has 9 nitrogen and oxygen atoms in total. The topological polar surface area (TPSA) is 110 Å². The lowest BCUT2D eigenvalue weighted by Crippen LogP contribution is -2.45. The molecule has 0 unspecified atom stereocenters.